The van der Waals surface area contributed by atoms with E-state index in [0.717, 1.165) is 28.3 Å². The minimum absolute atomic E-state index is 0.0765. The van der Waals surface area contributed by atoms with Gasteiger partial charge in [-0.3, -0.25) is 0 Å². The van der Waals surface area contributed by atoms with Crippen LogP contribution in [-0.4, -0.2) is 5.11 Å². The molecular weight excluding hydrogens is 282 g/mol. The van der Waals surface area contributed by atoms with Crippen molar-refractivity contribution in [3.8, 4) is 16.9 Å². The van der Waals surface area contributed by atoms with Gasteiger partial charge in [-0.05, 0) is 39.8 Å². The lowest BCUT2D eigenvalue weighted by Crippen LogP contribution is -2.14. The smallest absolute Gasteiger partial charge is 0.137 e. The first-order chi connectivity index (χ1) is 10.4. The van der Waals surface area contributed by atoms with Crippen LogP contribution in [0.1, 0.15) is 25.0 Å². The molecule has 1 aliphatic carbocycles. The van der Waals surface area contributed by atoms with Crippen molar-refractivity contribution in [1.29, 1.82) is 0 Å². The van der Waals surface area contributed by atoms with E-state index in [2.05, 4.69) is 13.8 Å². The van der Waals surface area contributed by atoms with Crippen molar-refractivity contribution in [1.82, 2.24) is 0 Å². The highest BCUT2D eigenvalue weighted by molar-refractivity contribution is 6.05. The normalized spacial score (nSPS) is 14.9. The SMILES string of the molecule is CC1(C)c2ccccc2-c2c1cc(O)c1c(F)cc(F)cc21. The number of halogens is 2. The van der Waals surface area contributed by atoms with Gasteiger partial charge < -0.3 is 5.11 Å². The first-order valence-corrected chi connectivity index (χ1v) is 7.16. The van der Waals surface area contributed by atoms with E-state index in [4.69, 9.17) is 0 Å². The summed E-state index contributed by atoms with van der Waals surface area (Å²) in [6.45, 7) is 4.11. The number of hydrogen-bond acceptors (Lipinski definition) is 1. The van der Waals surface area contributed by atoms with E-state index in [1.807, 2.05) is 24.3 Å². The Morgan fingerprint density at radius 3 is 2.45 bits per heavy atom. The lowest BCUT2D eigenvalue weighted by atomic mass is 9.82. The lowest BCUT2D eigenvalue weighted by Gasteiger charge is -2.22. The Hall–Kier alpha value is -2.42. The van der Waals surface area contributed by atoms with E-state index < -0.39 is 11.6 Å². The molecule has 0 heterocycles. The fraction of sp³-hybridized carbons (Fsp3) is 0.158. The molecule has 0 aromatic heterocycles. The summed E-state index contributed by atoms with van der Waals surface area (Å²) in [6.07, 6.45) is 0. The van der Waals surface area contributed by atoms with E-state index >= 15 is 0 Å². The molecule has 3 aromatic carbocycles. The van der Waals surface area contributed by atoms with Gasteiger partial charge in [0.05, 0.1) is 5.39 Å². The molecule has 0 unspecified atom stereocenters. The number of phenols is 1. The van der Waals surface area contributed by atoms with E-state index in [1.54, 1.807) is 6.07 Å². The molecule has 3 aromatic rings. The fourth-order valence-electron chi connectivity index (χ4n) is 3.63. The van der Waals surface area contributed by atoms with Gasteiger partial charge in [0.25, 0.3) is 0 Å². The number of benzene rings is 3. The number of aromatic hydroxyl groups is 1. The average molecular weight is 296 g/mol. The molecule has 0 radical (unpaired) electrons. The average Bonchev–Trinajstić information content (AvgIpc) is 2.67. The molecule has 4 rings (SSSR count). The Morgan fingerprint density at radius 2 is 1.68 bits per heavy atom. The van der Waals surface area contributed by atoms with Crippen LogP contribution in [0.4, 0.5) is 8.78 Å². The minimum Gasteiger partial charge on any atom is -0.507 e. The topological polar surface area (TPSA) is 20.2 Å². The molecule has 110 valence electrons. The summed E-state index contributed by atoms with van der Waals surface area (Å²) in [5.41, 5.74) is 3.45. The third-order valence-corrected chi connectivity index (χ3v) is 4.67. The zero-order valence-electron chi connectivity index (χ0n) is 12.2. The van der Waals surface area contributed by atoms with Gasteiger partial charge >= 0.3 is 0 Å². The summed E-state index contributed by atoms with van der Waals surface area (Å²) in [4.78, 5) is 0. The van der Waals surface area contributed by atoms with Gasteiger partial charge in [0, 0.05) is 11.5 Å². The van der Waals surface area contributed by atoms with Crippen molar-refractivity contribution in [2.75, 3.05) is 0 Å². The lowest BCUT2D eigenvalue weighted by molar-refractivity contribution is 0.476. The maximum atomic E-state index is 14.1. The van der Waals surface area contributed by atoms with Crippen LogP contribution in [-0.2, 0) is 5.41 Å². The molecule has 0 aliphatic heterocycles. The fourth-order valence-corrected chi connectivity index (χ4v) is 3.63. The maximum absolute atomic E-state index is 14.1. The Balaban J connectivity index is 2.27. The van der Waals surface area contributed by atoms with Crippen LogP contribution in [0.2, 0.25) is 0 Å². The van der Waals surface area contributed by atoms with Gasteiger partial charge in [0.1, 0.15) is 17.4 Å². The minimum atomic E-state index is -0.738. The highest BCUT2D eigenvalue weighted by Gasteiger charge is 2.37. The van der Waals surface area contributed by atoms with Crippen LogP contribution in [0.3, 0.4) is 0 Å². The van der Waals surface area contributed by atoms with Crippen LogP contribution in [0.25, 0.3) is 21.9 Å². The van der Waals surface area contributed by atoms with Crippen molar-refractivity contribution < 1.29 is 13.9 Å². The van der Waals surface area contributed by atoms with E-state index in [9.17, 15) is 13.9 Å². The summed E-state index contributed by atoms with van der Waals surface area (Å²) in [6, 6.07) is 11.6. The van der Waals surface area contributed by atoms with Crippen molar-refractivity contribution in [3.63, 3.8) is 0 Å². The Bertz CT molecular complexity index is 942. The van der Waals surface area contributed by atoms with Crippen molar-refractivity contribution in [3.05, 3.63) is 65.2 Å². The van der Waals surface area contributed by atoms with Crippen LogP contribution in [0, 0.1) is 11.6 Å². The molecule has 1 N–H and O–H groups in total. The monoisotopic (exact) mass is 296 g/mol. The van der Waals surface area contributed by atoms with E-state index in [1.165, 1.54) is 6.07 Å². The quantitative estimate of drug-likeness (QED) is 0.609. The van der Waals surface area contributed by atoms with Crippen LogP contribution in [0.15, 0.2) is 42.5 Å². The maximum Gasteiger partial charge on any atom is 0.137 e. The molecule has 0 spiro atoms. The first kappa shape index (κ1) is 13.3. The summed E-state index contributed by atoms with van der Waals surface area (Å²) in [7, 11) is 0. The molecule has 0 bridgehead atoms. The summed E-state index contributed by atoms with van der Waals surface area (Å²) in [5.74, 6) is -1.52. The van der Waals surface area contributed by atoms with E-state index in [0.29, 0.717) is 5.39 Å². The number of rotatable bonds is 0. The highest BCUT2D eigenvalue weighted by atomic mass is 19.1. The van der Waals surface area contributed by atoms with Gasteiger partial charge in [0.15, 0.2) is 0 Å². The van der Waals surface area contributed by atoms with Crippen LogP contribution < -0.4 is 0 Å². The Kier molecular flexibility index (Phi) is 2.45. The third-order valence-electron chi connectivity index (χ3n) is 4.67. The van der Waals surface area contributed by atoms with Gasteiger partial charge in [-0.15, -0.1) is 0 Å². The summed E-state index contributed by atoms with van der Waals surface area (Å²) in [5, 5.41) is 10.8. The molecule has 0 amide bonds. The third kappa shape index (κ3) is 1.51. The number of hydrogen-bond donors (Lipinski definition) is 1. The molecule has 22 heavy (non-hydrogen) atoms. The molecule has 3 heteroatoms. The summed E-state index contributed by atoms with van der Waals surface area (Å²) >= 11 is 0. The van der Waals surface area contributed by atoms with Crippen LogP contribution >= 0.6 is 0 Å². The second kappa shape index (κ2) is 4.07. The molecule has 0 saturated heterocycles. The molecule has 1 nitrogen and oxygen atoms in total. The van der Waals surface area contributed by atoms with Gasteiger partial charge in [-0.2, -0.15) is 0 Å². The Morgan fingerprint density at radius 1 is 0.955 bits per heavy atom. The van der Waals surface area contributed by atoms with Crippen molar-refractivity contribution >= 4 is 10.8 Å². The predicted octanol–water partition coefficient (Wildman–Crippen LogP) is 5.13. The Labute approximate surface area is 126 Å². The van der Waals surface area contributed by atoms with E-state index in [-0.39, 0.29) is 16.6 Å². The van der Waals surface area contributed by atoms with Gasteiger partial charge in [0.2, 0.25) is 0 Å². The number of phenolic OH excluding ortho intramolecular Hbond substituents is 1. The first-order valence-electron chi connectivity index (χ1n) is 7.16. The zero-order valence-corrected chi connectivity index (χ0v) is 12.2. The second-order valence-electron chi connectivity index (χ2n) is 6.30. The predicted molar refractivity (Wildman–Crippen MR) is 83.1 cm³/mol. The molecule has 0 fully saturated rings. The molecular formula is C19H14F2O. The second-order valence-corrected chi connectivity index (χ2v) is 6.30. The largest absolute Gasteiger partial charge is 0.507 e. The van der Waals surface area contributed by atoms with Crippen molar-refractivity contribution in [2.24, 2.45) is 0 Å². The summed E-state index contributed by atoms with van der Waals surface area (Å²) < 4.78 is 27.9. The number of fused-ring (bicyclic) bond motifs is 5. The van der Waals surface area contributed by atoms with Crippen molar-refractivity contribution in [2.45, 2.75) is 19.3 Å². The zero-order chi connectivity index (χ0) is 15.6. The van der Waals surface area contributed by atoms with Gasteiger partial charge in [-0.25, -0.2) is 8.78 Å². The van der Waals surface area contributed by atoms with Gasteiger partial charge in [-0.1, -0.05) is 38.1 Å². The molecule has 0 saturated carbocycles. The standard InChI is InChI=1S/C19H14F2O/c1-19(2)13-6-4-3-5-11(13)17-12-7-10(20)8-15(21)18(12)16(22)9-14(17)19/h3-9,22H,1-2H3. The molecule has 0 atom stereocenters. The highest BCUT2D eigenvalue weighted by Crippen LogP contribution is 2.53. The van der Waals surface area contributed by atoms with Crippen LogP contribution in [0.5, 0.6) is 5.75 Å². The molecule has 1 aliphatic rings.